The number of fused-ring (bicyclic) bond motifs is 1. The monoisotopic (exact) mass is 238 g/mol. The summed E-state index contributed by atoms with van der Waals surface area (Å²) in [6, 6.07) is 0. The van der Waals surface area contributed by atoms with E-state index in [4.69, 9.17) is 0 Å². The predicted octanol–water partition coefficient (Wildman–Crippen LogP) is 1.82. The summed E-state index contributed by atoms with van der Waals surface area (Å²) in [5.41, 5.74) is -0.397. The van der Waals surface area contributed by atoms with Gasteiger partial charge in [-0.1, -0.05) is 6.92 Å². The van der Waals surface area contributed by atoms with Crippen LogP contribution < -0.4 is 0 Å². The fraction of sp³-hybridized carbons (Fsp3) is 0.786. The molecular formula is C14H22O3. The number of aliphatic hydroxyl groups is 2. The molecule has 2 rings (SSSR count). The van der Waals surface area contributed by atoms with Crippen LogP contribution in [0.15, 0.2) is 11.6 Å². The average molecular weight is 238 g/mol. The van der Waals surface area contributed by atoms with Crippen molar-refractivity contribution < 1.29 is 15.0 Å². The van der Waals surface area contributed by atoms with E-state index in [1.165, 1.54) is 6.92 Å². The maximum absolute atomic E-state index is 11.5. The van der Waals surface area contributed by atoms with Crippen LogP contribution in [0.5, 0.6) is 0 Å². The minimum atomic E-state index is -0.775. The highest BCUT2D eigenvalue weighted by molar-refractivity contribution is 5.93. The molecule has 0 radical (unpaired) electrons. The highest BCUT2D eigenvalue weighted by Gasteiger charge is 2.53. The van der Waals surface area contributed by atoms with Gasteiger partial charge in [-0.15, -0.1) is 0 Å². The number of allylic oxidation sites excluding steroid dienone is 1. The maximum atomic E-state index is 11.5. The molecule has 0 bridgehead atoms. The average Bonchev–Trinajstić information content (AvgIpc) is 2.19. The van der Waals surface area contributed by atoms with Crippen molar-refractivity contribution >= 4 is 5.78 Å². The van der Waals surface area contributed by atoms with Crippen molar-refractivity contribution in [2.75, 3.05) is 0 Å². The van der Waals surface area contributed by atoms with Crippen molar-refractivity contribution in [3.8, 4) is 0 Å². The van der Waals surface area contributed by atoms with Crippen molar-refractivity contribution in [2.45, 2.75) is 58.2 Å². The van der Waals surface area contributed by atoms with E-state index in [1.807, 2.05) is 13.8 Å². The number of hydrogen-bond donors (Lipinski definition) is 2. The number of aliphatic hydroxyl groups excluding tert-OH is 1. The van der Waals surface area contributed by atoms with Crippen LogP contribution in [0.1, 0.15) is 46.5 Å². The highest BCUT2D eigenvalue weighted by atomic mass is 16.3. The van der Waals surface area contributed by atoms with E-state index in [-0.39, 0.29) is 17.1 Å². The van der Waals surface area contributed by atoms with Crippen LogP contribution >= 0.6 is 0 Å². The molecule has 0 aromatic rings. The Bertz CT molecular complexity index is 370. The molecule has 2 N–H and O–H groups in total. The summed E-state index contributed by atoms with van der Waals surface area (Å²) in [6.07, 6.45) is 4.27. The van der Waals surface area contributed by atoms with Gasteiger partial charge in [0.15, 0.2) is 5.78 Å². The molecule has 0 aromatic carbocycles. The summed E-state index contributed by atoms with van der Waals surface area (Å²) >= 11 is 0. The third-order valence-corrected chi connectivity index (χ3v) is 4.86. The van der Waals surface area contributed by atoms with Crippen LogP contribution in [0.25, 0.3) is 0 Å². The normalized spacial score (nSPS) is 46.1. The van der Waals surface area contributed by atoms with E-state index < -0.39 is 11.7 Å². The Morgan fingerprint density at radius 1 is 1.41 bits per heavy atom. The first-order valence-corrected chi connectivity index (χ1v) is 6.39. The molecule has 0 aliphatic heterocycles. The standard InChI is InChI=1S/C14H22O3/c1-9(15)10-7-11-13(2,12(16)8-10)5-4-6-14(11,3)17/h8,11-12,16-17H,4-7H2,1-3H3/t11?,12-,13+,14-/m0/s1. The summed E-state index contributed by atoms with van der Waals surface area (Å²) in [4.78, 5) is 11.5. The van der Waals surface area contributed by atoms with Gasteiger partial charge in [0.2, 0.25) is 0 Å². The third-order valence-electron chi connectivity index (χ3n) is 4.86. The topological polar surface area (TPSA) is 57.5 Å². The summed E-state index contributed by atoms with van der Waals surface area (Å²) in [7, 11) is 0. The van der Waals surface area contributed by atoms with Crippen LogP contribution in [0.2, 0.25) is 0 Å². The van der Waals surface area contributed by atoms with E-state index in [9.17, 15) is 15.0 Å². The molecule has 0 amide bonds. The molecule has 0 spiro atoms. The van der Waals surface area contributed by atoms with Gasteiger partial charge >= 0.3 is 0 Å². The Labute approximate surface area is 103 Å². The van der Waals surface area contributed by atoms with Crippen molar-refractivity contribution in [3.05, 3.63) is 11.6 Å². The van der Waals surface area contributed by atoms with E-state index >= 15 is 0 Å². The van der Waals surface area contributed by atoms with E-state index in [0.29, 0.717) is 12.0 Å². The molecular weight excluding hydrogens is 216 g/mol. The molecule has 17 heavy (non-hydrogen) atoms. The van der Waals surface area contributed by atoms with Crippen LogP contribution in [0, 0.1) is 11.3 Å². The zero-order valence-corrected chi connectivity index (χ0v) is 10.9. The molecule has 4 atom stereocenters. The van der Waals surface area contributed by atoms with Crippen LogP contribution in [0.4, 0.5) is 0 Å². The van der Waals surface area contributed by atoms with Gasteiger partial charge in [-0.3, -0.25) is 4.79 Å². The molecule has 1 fully saturated rings. The Morgan fingerprint density at radius 2 is 2.06 bits per heavy atom. The summed E-state index contributed by atoms with van der Waals surface area (Å²) in [5, 5.41) is 20.8. The fourth-order valence-electron chi connectivity index (χ4n) is 3.62. The number of Topliss-reactive ketones (excluding diaryl/α,β-unsaturated/α-hetero) is 1. The minimum Gasteiger partial charge on any atom is -0.390 e. The lowest BCUT2D eigenvalue weighted by molar-refractivity contribution is -0.135. The molecule has 0 saturated heterocycles. The molecule has 96 valence electrons. The highest BCUT2D eigenvalue weighted by Crippen LogP contribution is 2.53. The summed E-state index contributed by atoms with van der Waals surface area (Å²) < 4.78 is 0. The van der Waals surface area contributed by atoms with Gasteiger partial charge in [0.25, 0.3) is 0 Å². The quantitative estimate of drug-likeness (QED) is 0.732. The summed E-state index contributed by atoms with van der Waals surface area (Å²) in [5.74, 6) is -0.0184. The van der Waals surface area contributed by atoms with E-state index in [1.54, 1.807) is 6.08 Å². The lowest BCUT2D eigenvalue weighted by Gasteiger charge is -2.53. The van der Waals surface area contributed by atoms with Gasteiger partial charge in [-0.2, -0.15) is 0 Å². The molecule has 3 heteroatoms. The molecule has 2 aliphatic carbocycles. The third kappa shape index (κ3) is 1.95. The van der Waals surface area contributed by atoms with Crippen molar-refractivity contribution in [2.24, 2.45) is 11.3 Å². The smallest absolute Gasteiger partial charge is 0.155 e. The molecule has 3 nitrogen and oxygen atoms in total. The maximum Gasteiger partial charge on any atom is 0.155 e. The van der Waals surface area contributed by atoms with Gasteiger partial charge in [-0.25, -0.2) is 0 Å². The molecule has 0 aromatic heterocycles. The zero-order chi connectivity index (χ0) is 12.8. The first-order valence-electron chi connectivity index (χ1n) is 6.39. The molecule has 0 heterocycles. The van der Waals surface area contributed by atoms with Crippen LogP contribution in [0.3, 0.4) is 0 Å². The van der Waals surface area contributed by atoms with E-state index in [0.717, 1.165) is 19.3 Å². The predicted molar refractivity (Wildman–Crippen MR) is 65.5 cm³/mol. The molecule has 1 unspecified atom stereocenters. The molecule has 1 saturated carbocycles. The van der Waals surface area contributed by atoms with Gasteiger partial charge in [0.1, 0.15) is 0 Å². The second kappa shape index (κ2) is 3.92. The number of carbonyl (C=O) groups is 1. The largest absolute Gasteiger partial charge is 0.390 e. The number of hydrogen-bond acceptors (Lipinski definition) is 3. The number of ketones is 1. The Balaban J connectivity index is 2.40. The zero-order valence-electron chi connectivity index (χ0n) is 10.9. The van der Waals surface area contributed by atoms with Crippen molar-refractivity contribution in [1.29, 1.82) is 0 Å². The van der Waals surface area contributed by atoms with Crippen molar-refractivity contribution in [3.63, 3.8) is 0 Å². The van der Waals surface area contributed by atoms with Gasteiger partial charge in [-0.05, 0) is 57.1 Å². The molecule has 2 aliphatic rings. The van der Waals surface area contributed by atoms with Crippen LogP contribution in [-0.4, -0.2) is 27.7 Å². The first kappa shape index (κ1) is 12.8. The lowest BCUT2D eigenvalue weighted by atomic mass is 9.54. The van der Waals surface area contributed by atoms with Gasteiger partial charge in [0.05, 0.1) is 11.7 Å². The summed E-state index contributed by atoms with van der Waals surface area (Å²) in [6.45, 7) is 5.40. The Hall–Kier alpha value is -0.670. The lowest BCUT2D eigenvalue weighted by Crippen LogP contribution is -2.55. The van der Waals surface area contributed by atoms with Crippen LogP contribution in [-0.2, 0) is 4.79 Å². The number of carbonyl (C=O) groups excluding carboxylic acids is 1. The SMILES string of the molecule is CC(=O)C1=C[C@H](O)[C@]2(C)CCC[C@](C)(O)C2C1. The first-order chi connectivity index (χ1) is 7.77. The fourth-order valence-corrected chi connectivity index (χ4v) is 3.62. The second-order valence-corrected chi connectivity index (χ2v) is 6.17. The Kier molecular flexibility index (Phi) is 2.95. The van der Waals surface area contributed by atoms with Gasteiger partial charge in [0, 0.05) is 5.41 Å². The van der Waals surface area contributed by atoms with Gasteiger partial charge < -0.3 is 10.2 Å². The number of rotatable bonds is 1. The van der Waals surface area contributed by atoms with Crippen molar-refractivity contribution in [1.82, 2.24) is 0 Å². The minimum absolute atomic E-state index is 0.00692. The Morgan fingerprint density at radius 3 is 2.65 bits per heavy atom. The van der Waals surface area contributed by atoms with E-state index in [2.05, 4.69) is 0 Å². The second-order valence-electron chi connectivity index (χ2n) is 6.17.